The van der Waals surface area contributed by atoms with Gasteiger partial charge < -0.3 is 24.1 Å². The molecule has 1 aromatic heterocycles. The molecule has 1 saturated heterocycles. The van der Waals surface area contributed by atoms with Gasteiger partial charge in [0.2, 0.25) is 5.76 Å². The maximum absolute atomic E-state index is 12.3. The molecule has 0 spiro atoms. The highest BCUT2D eigenvalue weighted by molar-refractivity contribution is 5.95. The van der Waals surface area contributed by atoms with E-state index in [1.54, 1.807) is 17.9 Å². The summed E-state index contributed by atoms with van der Waals surface area (Å²) >= 11 is 0. The molecule has 0 saturated carbocycles. The number of likely N-dealkylation sites (tertiary alicyclic amines) is 1. The molecule has 0 atom stereocenters. The molecule has 24 heavy (non-hydrogen) atoms. The van der Waals surface area contributed by atoms with Crippen LogP contribution in [0.3, 0.4) is 0 Å². The van der Waals surface area contributed by atoms with Gasteiger partial charge in [0, 0.05) is 19.1 Å². The normalized spacial score (nSPS) is 18.4. The molecule has 2 aliphatic heterocycles. The monoisotopic (exact) mass is 334 g/mol. The van der Waals surface area contributed by atoms with Crippen LogP contribution in [0, 0.1) is 13.8 Å². The average Bonchev–Trinajstić information content (AvgIpc) is 2.94. The second kappa shape index (κ2) is 6.98. The van der Waals surface area contributed by atoms with Crippen LogP contribution in [-0.4, -0.2) is 49.1 Å². The summed E-state index contributed by atoms with van der Waals surface area (Å²) < 4.78 is 15.8. The Kier molecular flexibility index (Phi) is 4.78. The van der Waals surface area contributed by atoms with Gasteiger partial charge in [-0.05, 0) is 32.8 Å². The topological polar surface area (TPSA) is 81.0 Å². The molecule has 7 heteroatoms. The van der Waals surface area contributed by atoms with Crippen molar-refractivity contribution in [3.05, 3.63) is 35.2 Å². The summed E-state index contributed by atoms with van der Waals surface area (Å²) in [5.41, 5.74) is 0.573. The van der Waals surface area contributed by atoms with Gasteiger partial charge in [-0.2, -0.15) is 0 Å². The van der Waals surface area contributed by atoms with E-state index in [2.05, 4.69) is 5.32 Å². The lowest BCUT2D eigenvalue weighted by molar-refractivity contribution is -0.133. The van der Waals surface area contributed by atoms with E-state index >= 15 is 0 Å². The van der Waals surface area contributed by atoms with E-state index in [1.807, 2.05) is 6.92 Å². The first-order valence-corrected chi connectivity index (χ1v) is 8.16. The van der Waals surface area contributed by atoms with Crippen LogP contribution >= 0.6 is 0 Å². The van der Waals surface area contributed by atoms with E-state index in [9.17, 15) is 9.59 Å². The molecule has 0 radical (unpaired) electrons. The predicted molar refractivity (Wildman–Crippen MR) is 85.2 cm³/mol. The number of nitrogens with one attached hydrogen (secondary N) is 1. The first-order valence-electron chi connectivity index (χ1n) is 8.16. The van der Waals surface area contributed by atoms with E-state index in [4.69, 9.17) is 13.9 Å². The first-order chi connectivity index (χ1) is 11.5. The molecule has 7 nitrogen and oxygen atoms in total. The van der Waals surface area contributed by atoms with Crippen LogP contribution in [0.4, 0.5) is 0 Å². The fraction of sp³-hybridized carbons (Fsp3) is 0.529. The zero-order chi connectivity index (χ0) is 17.1. The average molecular weight is 334 g/mol. The largest absolute Gasteiger partial charge is 0.494 e. The summed E-state index contributed by atoms with van der Waals surface area (Å²) in [4.78, 5) is 26.3. The fourth-order valence-electron chi connectivity index (χ4n) is 2.98. The van der Waals surface area contributed by atoms with Crippen molar-refractivity contribution in [2.75, 3.05) is 26.3 Å². The number of rotatable bonds is 3. The van der Waals surface area contributed by atoms with Gasteiger partial charge in [-0.15, -0.1) is 0 Å². The second-order valence-corrected chi connectivity index (χ2v) is 6.07. The fourth-order valence-corrected chi connectivity index (χ4v) is 2.98. The lowest BCUT2D eigenvalue weighted by Gasteiger charge is -2.33. The number of hydrogen-bond donors (Lipinski definition) is 1. The standard InChI is InChI=1S/C17H22N2O5/c1-11-9-14(12(2)24-11)16(20)18-13-3-5-19(6-4-13)17(21)15-10-22-7-8-23-15/h9-10,13H,3-8H2,1-2H3,(H,18,20). The van der Waals surface area contributed by atoms with Gasteiger partial charge in [-0.1, -0.05) is 0 Å². The maximum atomic E-state index is 12.3. The SMILES string of the molecule is Cc1cc(C(=O)NC2CCN(C(=O)C3=COCCO3)CC2)c(C)o1. The minimum absolute atomic E-state index is 0.0497. The van der Waals surface area contributed by atoms with Crippen LogP contribution < -0.4 is 5.32 Å². The molecule has 0 bridgehead atoms. The Labute approximate surface area is 140 Å². The quantitative estimate of drug-likeness (QED) is 0.906. The van der Waals surface area contributed by atoms with E-state index in [0.717, 1.165) is 5.76 Å². The van der Waals surface area contributed by atoms with Crippen LogP contribution in [0.15, 0.2) is 22.5 Å². The van der Waals surface area contributed by atoms with Gasteiger partial charge in [0.15, 0.2) is 0 Å². The second-order valence-electron chi connectivity index (χ2n) is 6.07. The van der Waals surface area contributed by atoms with Crippen LogP contribution in [0.25, 0.3) is 0 Å². The molecule has 0 unspecified atom stereocenters. The zero-order valence-corrected chi connectivity index (χ0v) is 14.0. The highest BCUT2D eigenvalue weighted by Crippen LogP contribution is 2.18. The molecule has 2 amide bonds. The van der Waals surface area contributed by atoms with E-state index < -0.39 is 0 Å². The maximum Gasteiger partial charge on any atom is 0.292 e. The van der Waals surface area contributed by atoms with E-state index in [1.165, 1.54) is 6.26 Å². The number of nitrogens with zero attached hydrogens (tertiary/aromatic N) is 1. The highest BCUT2D eigenvalue weighted by atomic mass is 16.6. The molecule has 1 N–H and O–H groups in total. The van der Waals surface area contributed by atoms with Gasteiger partial charge in [0.05, 0.1) is 5.56 Å². The van der Waals surface area contributed by atoms with Gasteiger partial charge >= 0.3 is 0 Å². The third-order valence-electron chi connectivity index (χ3n) is 4.26. The number of ether oxygens (including phenoxy) is 2. The van der Waals surface area contributed by atoms with E-state index in [-0.39, 0.29) is 23.6 Å². The molecular weight excluding hydrogens is 312 g/mol. The van der Waals surface area contributed by atoms with Gasteiger partial charge in [0.1, 0.15) is 31.0 Å². The summed E-state index contributed by atoms with van der Waals surface area (Å²) in [5.74, 6) is 1.33. The minimum Gasteiger partial charge on any atom is -0.494 e. The van der Waals surface area contributed by atoms with Gasteiger partial charge in [-0.25, -0.2) is 0 Å². The summed E-state index contributed by atoms with van der Waals surface area (Å²) in [7, 11) is 0. The van der Waals surface area contributed by atoms with Crippen molar-refractivity contribution in [1.82, 2.24) is 10.2 Å². The molecule has 130 valence electrons. The molecular formula is C17H22N2O5. The van der Waals surface area contributed by atoms with Crippen LogP contribution in [0.5, 0.6) is 0 Å². The van der Waals surface area contributed by atoms with Crippen molar-refractivity contribution in [3.8, 4) is 0 Å². The first kappa shape index (κ1) is 16.4. The van der Waals surface area contributed by atoms with Crippen molar-refractivity contribution in [3.63, 3.8) is 0 Å². The highest BCUT2D eigenvalue weighted by Gasteiger charge is 2.28. The molecule has 2 aliphatic rings. The van der Waals surface area contributed by atoms with E-state index in [0.29, 0.717) is 50.5 Å². The van der Waals surface area contributed by atoms with Crippen molar-refractivity contribution in [1.29, 1.82) is 0 Å². The van der Waals surface area contributed by atoms with Crippen LogP contribution in [0.2, 0.25) is 0 Å². The number of furan rings is 1. The lowest BCUT2D eigenvalue weighted by Crippen LogP contribution is -2.47. The molecule has 1 fully saturated rings. The summed E-state index contributed by atoms with van der Waals surface area (Å²) in [5, 5.41) is 3.02. The molecule has 3 rings (SSSR count). The van der Waals surface area contributed by atoms with Crippen LogP contribution in [0.1, 0.15) is 34.7 Å². The number of amides is 2. The summed E-state index contributed by atoms with van der Waals surface area (Å²) in [6.45, 7) is 5.62. The number of carbonyl (C=O) groups excluding carboxylic acids is 2. The molecule has 0 aromatic carbocycles. The smallest absolute Gasteiger partial charge is 0.292 e. The number of piperidine rings is 1. The van der Waals surface area contributed by atoms with Crippen molar-refractivity contribution < 1.29 is 23.5 Å². The predicted octanol–water partition coefficient (Wildman–Crippen LogP) is 1.51. The third-order valence-corrected chi connectivity index (χ3v) is 4.26. The van der Waals surface area contributed by atoms with Crippen molar-refractivity contribution >= 4 is 11.8 Å². The number of aryl methyl sites for hydroxylation is 2. The Morgan fingerprint density at radius 2 is 1.96 bits per heavy atom. The number of hydrogen-bond acceptors (Lipinski definition) is 5. The Bertz CT molecular complexity index is 656. The molecule has 0 aliphatic carbocycles. The Morgan fingerprint density at radius 1 is 1.21 bits per heavy atom. The Balaban J connectivity index is 1.52. The van der Waals surface area contributed by atoms with Gasteiger partial charge in [-0.3, -0.25) is 9.59 Å². The van der Waals surface area contributed by atoms with Crippen LogP contribution in [-0.2, 0) is 14.3 Å². The van der Waals surface area contributed by atoms with Crippen molar-refractivity contribution in [2.45, 2.75) is 32.7 Å². The lowest BCUT2D eigenvalue weighted by atomic mass is 10.0. The Hall–Kier alpha value is -2.44. The third kappa shape index (κ3) is 3.55. The molecule has 3 heterocycles. The van der Waals surface area contributed by atoms with Gasteiger partial charge in [0.25, 0.3) is 11.8 Å². The minimum atomic E-state index is -0.152. The molecule has 1 aromatic rings. The Morgan fingerprint density at radius 3 is 2.54 bits per heavy atom. The summed E-state index contributed by atoms with van der Waals surface area (Å²) in [6, 6.07) is 1.80. The summed E-state index contributed by atoms with van der Waals surface area (Å²) in [6.07, 6.45) is 2.80. The zero-order valence-electron chi connectivity index (χ0n) is 14.0. The van der Waals surface area contributed by atoms with Crippen molar-refractivity contribution in [2.24, 2.45) is 0 Å². The number of carbonyl (C=O) groups is 2.